The van der Waals surface area contributed by atoms with Gasteiger partial charge in [0.25, 0.3) is 20.2 Å². The van der Waals surface area contributed by atoms with Gasteiger partial charge in [-0.2, -0.15) is 21.4 Å². The molecule has 2 aliphatic carbocycles. The maximum atomic E-state index is 14.6. The van der Waals surface area contributed by atoms with Gasteiger partial charge in [-0.1, -0.05) is 132 Å². The molecule has 23 heteroatoms. The van der Waals surface area contributed by atoms with Gasteiger partial charge in [0.05, 0.1) is 39.3 Å². The maximum absolute atomic E-state index is 14.6. The van der Waals surface area contributed by atoms with E-state index < -0.39 is 30.0 Å². The summed E-state index contributed by atoms with van der Waals surface area (Å²) in [6, 6.07) is 40.1. The first kappa shape index (κ1) is 80.0. The number of thioether (sulfide) groups is 1. The molecule has 5 N–H and O–H groups in total. The standard InChI is InChI=1S/C87H103N7O9P4S3/c1-8-10-11-18-44-103-55(7)79-53(5)69-48-68-52(4)63(83(91-68)66-47-75(95)80-54(6)70(92-84(66)80)49-71-62(9-2)51(3)67(89-71)50-72(79)90-69)36-41-78(96)88-60-32-34-61(35-33-60)108-85-58(30-39-76-86(104,105)81-64-26-14-12-22-56(64)28-37-73(81)93(76)42-16-19-45-109(97,98)99)24-21-25-59(85)31-40-77-87(106,107)82-65-27-15-13-23-57(65)29-38-74(82)94(77)43-17-20-46-110(100,101)102/h12-15,22-23,26-35,37-40,48-53,55,62-63,79H,8-11,16-21,24-25,36,41-47,104-107H2,1-7H3,(H4-,88,89,90,91,92,95,96,97,98,99,100,101,102)/p+1. The minimum atomic E-state index is -4.15. The number of nitrogens with one attached hydrogen (secondary N) is 3. The summed E-state index contributed by atoms with van der Waals surface area (Å²) in [5.74, 6) is -0.393. The van der Waals surface area contributed by atoms with Crippen LogP contribution >= 0.6 is 48.7 Å². The highest BCUT2D eigenvalue weighted by molar-refractivity contribution is 8.03. The molecule has 5 aromatic carbocycles. The molecule has 578 valence electrons. The van der Waals surface area contributed by atoms with Crippen molar-refractivity contribution in [2.24, 2.45) is 0 Å². The third-order valence-electron chi connectivity index (χ3n) is 23.9. The van der Waals surface area contributed by atoms with Crippen LogP contribution in [0.4, 0.5) is 17.1 Å². The zero-order valence-electron chi connectivity index (χ0n) is 64.0. The number of rotatable bonds is 27. The highest BCUT2D eigenvalue weighted by Crippen LogP contribution is 2.60. The normalized spacial score (nSPS) is 21.5. The summed E-state index contributed by atoms with van der Waals surface area (Å²) < 4.78 is 76.3. The number of hydrogen-bond donors (Lipinski definition) is 5. The van der Waals surface area contributed by atoms with Crippen LogP contribution < -0.4 is 10.2 Å². The summed E-state index contributed by atoms with van der Waals surface area (Å²) in [6.45, 7) is 17.2. The van der Waals surface area contributed by atoms with Crippen LogP contribution in [-0.4, -0.2) is 105 Å². The lowest BCUT2D eigenvalue weighted by molar-refractivity contribution is -0.437. The molecule has 14 rings (SSSR count). The van der Waals surface area contributed by atoms with Crippen molar-refractivity contribution in [3.63, 3.8) is 0 Å². The van der Waals surface area contributed by atoms with Crippen LogP contribution in [0.2, 0.25) is 0 Å². The zero-order chi connectivity index (χ0) is 77.7. The Morgan fingerprint density at radius 1 is 0.745 bits per heavy atom. The molecule has 7 aliphatic rings. The number of nitrogens with zero attached hydrogens (tertiary/aromatic N) is 4. The van der Waals surface area contributed by atoms with Crippen LogP contribution in [0.3, 0.4) is 0 Å². The molecule has 1 amide bonds. The Morgan fingerprint density at radius 3 is 2.15 bits per heavy atom. The van der Waals surface area contributed by atoms with Gasteiger partial charge < -0.3 is 24.9 Å². The van der Waals surface area contributed by atoms with Crippen molar-refractivity contribution >= 4 is 136 Å². The van der Waals surface area contributed by atoms with Gasteiger partial charge in [0.15, 0.2) is 11.5 Å². The van der Waals surface area contributed by atoms with Crippen molar-refractivity contribution in [2.45, 2.75) is 201 Å². The topological polar surface area (TPSA) is 228 Å². The number of H-pyrrole nitrogens is 2. The number of allylic oxidation sites excluding steroid dienone is 7. The lowest BCUT2D eigenvalue weighted by Gasteiger charge is -2.27. The second-order valence-electron chi connectivity index (χ2n) is 31.3. The molecule has 0 saturated heterocycles. The molecule has 7 aromatic rings. The van der Waals surface area contributed by atoms with Gasteiger partial charge in [0.1, 0.15) is 11.4 Å². The number of ketones is 1. The van der Waals surface area contributed by atoms with Crippen LogP contribution in [0.5, 0.6) is 0 Å². The van der Waals surface area contributed by atoms with Crippen LogP contribution in [0.1, 0.15) is 234 Å². The Labute approximate surface area is 662 Å². The van der Waals surface area contributed by atoms with E-state index in [4.69, 9.17) is 14.7 Å². The third kappa shape index (κ3) is 16.4. The van der Waals surface area contributed by atoms with Crippen LogP contribution in [0.15, 0.2) is 166 Å². The first-order valence-electron chi connectivity index (χ1n) is 39.3. The van der Waals surface area contributed by atoms with Crippen molar-refractivity contribution in [2.75, 3.05) is 41.4 Å². The quantitative estimate of drug-likeness (QED) is 0.0140. The summed E-state index contributed by atoms with van der Waals surface area (Å²) in [7, 11) is 4.17. The van der Waals surface area contributed by atoms with Gasteiger partial charge in [-0.25, -0.2) is 0 Å². The van der Waals surface area contributed by atoms with Gasteiger partial charge in [-0.15, -0.1) is 37.0 Å². The molecule has 5 aliphatic heterocycles. The Hall–Kier alpha value is -6.58. The zero-order valence-corrected chi connectivity index (χ0v) is 71.1. The number of Topliss-reactive ketones (excluding diaryl/α,β-unsaturated/α-hetero) is 1. The number of benzene rings is 5. The van der Waals surface area contributed by atoms with Crippen LogP contribution in [0, 0.1) is 6.92 Å². The van der Waals surface area contributed by atoms with Gasteiger partial charge in [0.2, 0.25) is 11.6 Å². The number of aromatic nitrogens is 4. The van der Waals surface area contributed by atoms with Crippen LogP contribution in [0.25, 0.3) is 32.6 Å². The van der Waals surface area contributed by atoms with E-state index in [0.29, 0.717) is 63.1 Å². The SMILES string of the molecule is CCCCCCOC(C)C1c2cc3nc(cc4[nH]c5c(c6nc(cc([nH]2)C1C)C(C)C6CCC(=O)Nc1ccc(SC2=C(C=CC6=[N+](CCCCS(=O)(=O)O)c7ccc8ccccc8c7C6(P)P)CCCC2=CC=C2N(CCCCS(=O)(=O)O)c6ccc7ccccc7c6C2(P)P)cc1)CC(=O)c5c4C)C(CC)C3C. The van der Waals surface area contributed by atoms with Crippen molar-refractivity contribution < 1.29 is 44.8 Å². The molecule has 0 fully saturated rings. The van der Waals surface area contributed by atoms with Gasteiger partial charge in [-0.05, 0) is 171 Å². The predicted octanol–water partition coefficient (Wildman–Crippen LogP) is 20.2. The van der Waals surface area contributed by atoms with E-state index in [0.717, 1.165) is 171 Å². The number of hydrogen-bond acceptors (Lipinski definition) is 11. The van der Waals surface area contributed by atoms with E-state index in [2.05, 4.69) is 219 Å². The number of amides is 1. The number of carbonyl (C=O) groups excluding carboxylic acids is 2. The van der Waals surface area contributed by atoms with E-state index in [1.807, 2.05) is 31.2 Å². The minimum absolute atomic E-state index is 0.0561. The van der Waals surface area contributed by atoms with E-state index >= 15 is 0 Å². The largest absolute Gasteiger partial charge is 0.378 e. The highest BCUT2D eigenvalue weighted by Gasteiger charge is 2.47. The Kier molecular flexibility index (Phi) is 24.1. The summed E-state index contributed by atoms with van der Waals surface area (Å²) in [6.07, 6.45) is 19.4. The number of aromatic amines is 2. The fraction of sp³-hybridized carbons (Fsp3) is 0.414. The van der Waals surface area contributed by atoms with Crippen molar-refractivity contribution in [1.29, 1.82) is 0 Å². The summed E-state index contributed by atoms with van der Waals surface area (Å²) in [4.78, 5) is 50.7. The molecule has 0 radical (unpaired) electrons. The van der Waals surface area contributed by atoms with Crippen molar-refractivity contribution in [3.8, 4) is 0 Å². The minimum Gasteiger partial charge on any atom is -0.378 e. The first-order chi connectivity index (χ1) is 52.6. The van der Waals surface area contributed by atoms with E-state index in [-0.39, 0.29) is 77.6 Å². The Balaban J connectivity index is 0.786. The molecule has 16 nitrogen and oxygen atoms in total. The summed E-state index contributed by atoms with van der Waals surface area (Å²) >= 11 is 1.69. The molecular weight excluding hydrogens is 1510 g/mol. The average molecular weight is 1610 g/mol. The molecule has 11 unspecified atom stereocenters. The van der Waals surface area contributed by atoms with Gasteiger partial charge >= 0.3 is 0 Å². The van der Waals surface area contributed by atoms with E-state index in [1.165, 1.54) is 12.8 Å². The molecule has 2 aromatic heterocycles. The third-order valence-corrected chi connectivity index (χ3v) is 29.1. The fourth-order valence-corrected chi connectivity index (χ4v) is 22.6. The molecule has 11 atom stereocenters. The second kappa shape index (κ2) is 33.1. The van der Waals surface area contributed by atoms with Crippen LogP contribution in [-0.2, 0) is 46.0 Å². The molecule has 7 heterocycles. The summed E-state index contributed by atoms with van der Waals surface area (Å²) in [5.41, 5.74) is 19.6. The molecular formula is C87H104N7O9P4S3+. The Morgan fingerprint density at radius 2 is 1.43 bits per heavy atom. The number of unbranched alkanes of at least 4 members (excludes halogenated alkanes) is 5. The van der Waals surface area contributed by atoms with Gasteiger partial charge in [0, 0.05) is 158 Å². The van der Waals surface area contributed by atoms with Crippen molar-refractivity contribution in [1.82, 2.24) is 19.9 Å². The lowest BCUT2D eigenvalue weighted by atomic mass is 9.84. The molecule has 8 bridgehead atoms. The summed E-state index contributed by atoms with van der Waals surface area (Å²) in [5, 5.41) is 7.73. The van der Waals surface area contributed by atoms with E-state index in [1.54, 1.807) is 11.8 Å². The molecule has 0 spiro atoms. The monoisotopic (exact) mass is 1610 g/mol. The highest BCUT2D eigenvalue weighted by atomic mass is 32.2. The number of fused-ring (bicyclic) bond motifs is 14. The average Bonchev–Trinajstić information content (AvgIpc) is 1.58. The smallest absolute Gasteiger partial charge is 0.264 e. The maximum Gasteiger partial charge on any atom is 0.264 e. The number of anilines is 2. The van der Waals surface area contributed by atoms with Gasteiger partial charge in [-0.3, -0.25) is 28.7 Å². The number of aryl methyl sites for hydroxylation is 1. The Bertz CT molecular complexity index is 5430. The fourth-order valence-electron chi connectivity index (χ4n) is 18.1. The van der Waals surface area contributed by atoms with E-state index in [9.17, 15) is 35.5 Å². The predicted molar refractivity (Wildman–Crippen MR) is 463 cm³/mol. The molecule has 0 saturated carbocycles. The second-order valence-corrected chi connectivity index (χ2v) is 40.5. The first-order valence-corrected chi connectivity index (χ1v) is 45.6. The van der Waals surface area contributed by atoms with Crippen molar-refractivity contribution in [3.05, 3.63) is 223 Å². The number of carbonyl (C=O) groups is 2. The molecule has 110 heavy (non-hydrogen) atoms. The lowest BCUT2D eigenvalue weighted by Crippen LogP contribution is -2.24. The number of ether oxygens (including phenoxy) is 1.